The van der Waals surface area contributed by atoms with Crippen LogP contribution in [-0.2, 0) is 15.9 Å². The molecule has 1 aromatic rings. The third-order valence-electron chi connectivity index (χ3n) is 10.2. The van der Waals surface area contributed by atoms with E-state index in [1.165, 1.54) is 89.9 Å². The van der Waals surface area contributed by atoms with Gasteiger partial charge in [0.15, 0.2) is 0 Å². The molecule has 282 valence electrons. The predicted molar refractivity (Wildman–Crippen MR) is 200 cm³/mol. The number of H-pyrrole nitrogens is 1. The number of aromatic nitrogens is 2. The molecule has 1 heterocycles. The highest BCUT2D eigenvalue weighted by atomic mass is 16.6. The van der Waals surface area contributed by atoms with Gasteiger partial charge in [-0.2, -0.15) is 0 Å². The molecular weight excluding hydrogens is 616 g/mol. The van der Waals surface area contributed by atoms with Crippen LogP contribution < -0.4 is 16.2 Å². The molecule has 9 heteroatoms. The third kappa shape index (κ3) is 18.3. The van der Waals surface area contributed by atoms with Gasteiger partial charge in [0.1, 0.15) is 5.82 Å². The standard InChI is InChI=1S/C40H72N4O5/c1-8-10-12-14-16-17-19-21-23-33(22-20-18-15-13-11-9-2)28-49-38(47)44-34-26-39(5,6)29-40(7,27-34)30-41-37(46)48-25-24-35-31(3)42-32(4)43-36(35)45/h33-34H,8-30H2,1-7H3,(H,41,46)(H,44,47)(H,42,43,45). The molecule has 2 amide bonds. The van der Waals surface area contributed by atoms with Crippen molar-refractivity contribution in [3.8, 4) is 0 Å². The van der Waals surface area contributed by atoms with Crippen molar-refractivity contribution in [1.82, 2.24) is 20.6 Å². The summed E-state index contributed by atoms with van der Waals surface area (Å²) in [5.74, 6) is 0.987. The number of unbranched alkanes of at least 4 members (excludes halogenated alkanes) is 12. The smallest absolute Gasteiger partial charge is 0.407 e. The minimum Gasteiger partial charge on any atom is -0.449 e. The van der Waals surface area contributed by atoms with E-state index in [-0.39, 0.29) is 35.1 Å². The lowest BCUT2D eigenvalue weighted by molar-refractivity contribution is 0.0597. The monoisotopic (exact) mass is 689 g/mol. The number of hydrogen-bond acceptors (Lipinski definition) is 6. The van der Waals surface area contributed by atoms with Crippen LogP contribution in [0.15, 0.2) is 4.79 Å². The van der Waals surface area contributed by atoms with Gasteiger partial charge in [0.25, 0.3) is 5.56 Å². The summed E-state index contributed by atoms with van der Waals surface area (Å²) in [4.78, 5) is 44.9. The summed E-state index contributed by atoms with van der Waals surface area (Å²) in [7, 11) is 0. The van der Waals surface area contributed by atoms with Gasteiger partial charge in [-0.05, 0) is 62.7 Å². The molecule has 1 aliphatic rings. The van der Waals surface area contributed by atoms with Crippen LogP contribution in [0, 0.1) is 30.6 Å². The Bertz CT molecular complexity index is 1150. The Morgan fingerprint density at radius 2 is 1.41 bits per heavy atom. The normalized spacial score (nSPS) is 19.3. The molecule has 49 heavy (non-hydrogen) atoms. The van der Waals surface area contributed by atoms with Crippen molar-refractivity contribution in [2.24, 2.45) is 16.7 Å². The highest BCUT2D eigenvalue weighted by Crippen LogP contribution is 2.45. The van der Waals surface area contributed by atoms with Crippen molar-refractivity contribution in [3.05, 3.63) is 27.4 Å². The molecular formula is C40H72N4O5. The average Bonchev–Trinajstić information content (AvgIpc) is 3.01. The molecule has 3 N–H and O–H groups in total. The van der Waals surface area contributed by atoms with E-state index in [1.54, 1.807) is 13.8 Å². The molecule has 1 aliphatic carbocycles. The molecule has 3 unspecified atom stereocenters. The summed E-state index contributed by atoms with van der Waals surface area (Å²) in [5.41, 5.74) is 0.757. The molecule has 0 radical (unpaired) electrons. The van der Waals surface area contributed by atoms with Gasteiger partial charge in [0.05, 0.1) is 13.2 Å². The lowest BCUT2D eigenvalue weighted by Crippen LogP contribution is -2.50. The van der Waals surface area contributed by atoms with Crippen LogP contribution in [0.5, 0.6) is 0 Å². The van der Waals surface area contributed by atoms with E-state index in [0.717, 1.165) is 32.1 Å². The van der Waals surface area contributed by atoms with Crippen molar-refractivity contribution in [2.75, 3.05) is 19.8 Å². The maximum absolute atomic E-state index is 13.1. The first-order valence-corrected chi connectivity index (χ1v) is 19.8. The summed E-state index contributed by atoms with van der Waals surface area (Å²) in [6.45, 7) is 15.7. The first-order chi connectivity index (χ1) is 23.4. The van der Waals surface area contributed by atoms with Crippen molar-refractivity contribution in [2.45, 2.75) is 183 Å². The number of carbonyl (C=O) groups is 2. The number of ether oxygens (including phenoxy) is 2. The second kappa shape index (κ2) is 23.0. The van der Waals surface area contributed by atoms with Crippen LogP contribution in [0.1, 0.15) is 174 Å². The highest BCUT2D eigenvalue weighted by molar-refractivity contribution is 5.68. The Labute approximate surface area is 298 Å². The van der Waals surface area contributed by atoms with Crippen LogP contribution in [0.4, 0.5) is 9.59 Å². The molecule has 1 fully saturated rings. The Balaban J connectivity index is 1.81. The van der Waals surface area contributed by atoms with Crippen molar-refractivity contribution < 1.29 is 19.1 Å². The quantitative estimate of drug-likeness (QED) is 0.0930. The number of rotatable bonds is 24. The average molecular weight is 689 g/mol. The minimum atomic E-state index is -0.504. The second-order valence-corrected chi connectivity index (χ2v) is 16.1. The maximum Gasteiger partial charge on any atom is 0.407 e. The first kappa shape index (κ1) is 42.6. The Morgan fingerprint density at radius 1 is 0.837 bits per heavy atom. The molecule has 2 rings (SSSR count). The maximum atomic E-state index is 13.1. The zero-order valence-electron chi connectivity index (χ0n) is 32.4. The fourth-order valence-electron chi connectivity index (χ4n) is 7.99. The van der Waals surface area contributed by atoms with E-state index >= 15 is 0 Å². The topological polar surface area (TPSA) is 122 Å². The molecule has 0 aliphatic heterocycles. The van der Waals surface area contributed by atoms with E-state index < -0.39 is 6.09 Å². The molecule has 0 aromatic carbocycles. The molecule has 0 spiro atoms. The number of aromatic amines is 1. The largest absolute Gasteiger partial charge is 0.449 e. The van der Waals surface area contributed by atoms with Crippen LogP contribution in [0.25, 0.3) is 0 Å². The highest BCUT2D eigenvalue weighted by Gasteiger charge is 2.42. The summed E-state index contributed by atoms with van der Waals surface area (Å²) in [6, 6.07) is -0.0347. The molecule has 3 atom stereocenters. The van der Waals surface area contributed by atoms with Gasteiger partial charge in [-0.15, -0.1) is 0 Å². The summed E-state index contributed by atoms with van der Waals surface area (Å²) < 4.78 is 11.3. The molecule has 1 saturated carbocycles. The Kier molecular flexibility index (Phi) is 20.0. The van der Waals surface area contributed by atoms with Gasteiger partial charge in [-0.3, -0.25) is 4.79 Å². The van der Waals surface area contributed by atoms with Gasteiger partial charge in [-0.1, -0.05) is 125 Å². The summed E-state index contributed by atoms with van der Waals surface area (Å²) >= 11 is 0. The number of alkyl carbamates (subject to hydrolysis) is 2. The van der Waals surface area contributed by atoms with Gasteiger partial charge in [0, 0.05) is 30.3 Å². The van der Waals surface area contributed by atoms with Crippen LogP contribution in [0.3, 0.4) is 0 Å². The lowest BCUT2D eigenvalue weighted by atomic mass is 9.62. The Morgan fingerprint density at radius 3 is 1.98 bits per heavy atom. The van der Waals surface area contributed by atoms with Crippen LogP contribution in [0.2, 0.25) is 0 Å². The number of nitrogens with one attached hydrogen (secondary N) is 3. The zero-order chi connectivity index (χ0) is 36.1. The van der Waals surface area contributed by atoms with Crippen molar-refractivity contribution >= 4 is 12.2 Å². The van der Waals surface area contributed by atoms with Crippen molar-refractivity contribution in [3.63, 3.8) is 0 Å². The number of amides is 2. The van der Waals surface area contributed by atoms with Gasteiger partial charge in [0.2, 0.25) is 0 Å². The Hall–Kier alpha value is -2.58. The minimum absolute atomic E-state index is 0.00955. The van der Waals surface area contributed by atoms with Crippen LogP contribution >= 0.6 is 0 Å². The first-order valence-electron chi connectivity index (χ1n) is 19.8. The predicted octanol–water partition coefficient (Wildman–Crippen LogP) is 9.86. The summed E-state index contributed by atoms with van der Waals surface area (Å²) in [6.07, 6.45) is 22.4. The molecule has 1 aromatic heterocycles. The number of hydrogen-bond donors (Lipinski definition) is 3. The van der Waals surface area contributed by atoms with Gasteiger partial charge >= 0.3 is 12.2 Å². The van der Waals surface area contributed by atoms with E-state index in [0.29, 0.717) is 42.6 Å². The third-order valence-corrected chi connectivity index (χ3v) is 10.2. The van der Waals surface area contributed by atoms with Crippen molar-refractivity contribution in [1.29, 1.82) is 0 Å². The van der Waals surface area contributed by atoms with E-state index in [2.05, 4.69) is 55.2 Å². The number of aryl methyl sites for hydroxylation is 2. The van der Waals surface area contributed by atoms with Crippen LogP contribution in [-0.4, -0.2) is 48.0 Å². The SMILES string of the molecule is CCCCCCCCCCC(CCCCCCCC)COC(=O)NC1CC(C)(C)CC(C)(CNC(=O)OCCc2c(C)nc(C)[nH]c2=O)C1. The van der Waals surface area contributed by atoms with E-state index in [4.69, 9.17) is 9.47 Å². The second-order valence-electron chi connectivity index (χ2n) is 16.1. The number of carbonyl (C=O) groups excluding carboxylic acids is 2. The van der Waals surface area contributed by atoms with Gasteiger partial charge in [-0.25, -0.2) is 14.6 Å². The molecule has 0 bridgehead atoms. The molecule has 0 saturated heterocycles. The summed E-state index contributed by atoms with van der Waals surface area (Å²) in [5, 5.41) is 6.13. The number of nitrogens with zero attached hydrogens (tertiary/aromatic N) is 1. The fourth-order valence-corrected chi connectivity index (χ4v) is 7.99. The molecule has 9 nitrogen and oxygen atoms in total. The van der Waals surface area contributed by atoms with E-state index in [1.807, 2.05) is 0 Å². The zero-order valence-corrected chi connectivity index (χ0v) is 32.4. The lowest BCUT2D eigenvalue weighted by Gasteiger charge is -2.46. The van der Waals surface area contributed by atoms with E-state index in [9.17, 15) is 14.4 Å². The van der Waals surface area contributed by atoms with Gasteiger partial charge < -0.3 is 25.1 Å². The fraction of sp³-hybridized carbons (Fsp3) is 0.850.